The van der Waals surface area contributed by atoms with Gasteiger partial charge in [-0.2, -0.15) is 0 Å². The number of carbonyl (C=O) groups excluding carboxylic acids is 2. The topological polar surface area (TPSA) is 72.9 Å². The molecule has 1 aliphatic heterocycles. The van der Waals surface area contributed by atoms with Crippen LogP contribution in [0.25, 0.3) is 0 Å². The van der Waals surface area contributed by atoms with E-state index < -0.39 is 0 Å². The van der Waals surface area contributed by atoms with Crippen LogP contribution >= 0.6 is 0 Å². The second-order valence-electron chi connectivity index (χ2n) is 7.32. The van der Waals surface area contributed by atoms with Gasteiger partial charge in [0.2, 0.25) is 0 Å². The molecule has 2 N–H and O–H groups in total. The number of nitrogens with zero attached hydrogens (tertiary/aromatic N) is 2. The highest BCUT2D eigenvalue weighted by molar-refractivity contribution is 5.94. The molecule has 1 heterocycles. The molecule has 0 radical (unpaired) electrons. The first-order valence-corrected chi connectivity index (χ1v) is 9.77. The van der Waals surface area contributed by atoms with E-state index in [0.29, 0.717) is 37.8 Å². The van der Waals surface area contributed by atoms with Gasteiger partial charge in [0.25, 0.3) is 5.91 Å². The summed E-state index contributed by atoms with van der Waals surface area (Å²) in [4.78, 5) is 28.6. The molecule has 1 saturated carbocycles. The lowest BCUT2D eigenvalue weighted by atomic mass is 9.97. The summed E-state index contributed by atoms with van der Waals surface area (Å²) in [7, 11) is 0. The Morgan fingerprint density at radius 2 is 1.38 bits per heavy atom. The van der Waals surface area contributed by atoms with Crippen molar-refractivity contribution in [3.8, 4) is 5.75 Å². The van der Waals surface area contributed by atoms with Crippen LogP contribution in [-0.2, 0) is 0 Å². The van der Waals surface area contributed by atoms with Gasteiger partial charge in [0, 0.05) is 37.8 Å². The minimum absolute atomic E-state index is 0.00676. The standard InChI is InChI=1S/C20H29N3O3/c24-18-10-8-16(9-11-18)19(25)22-12-14-23(15-13-22)20(26)21-17-6-4-2-1-3-5-7-17/h8-11,17,24H,1-7,12-15H2,(H,21,26). The Kier molecular flexibility index (Phi) is 6.36. The van der Waals surface area contributed by atoms with E-state index in [0.717, 1.165) is 12.8 Å². The van der Waals surface area contributed by atoms with Crippen LogP contribution in [0.4, 0.5) is 4.79 Å². The molecule has 6 nitrogen and oxygen atoms in total. The fourth-order valence-electron chi connectivity index (χ4n) is 3.77. The molecule has 1 aliphatic carbocycles. The molecule has 1 saturated heterocycles. The fourth-order valence-corrected chi connectivity index (χ4v) is 3.77. The number of hydrogen-bond acceptors (Lipinski definition) is 3. The Labute approximate surface area is 155 Å². The molecule has 142 valence electrons. The summed E-state index contributed by atoms with van der Waals surface area (Å²) in [6.45, 7) is 2.19. The number of piperazine rings is 1. The van der Waals surface area contributed by atoms with E-state index in [4.69, 9.17) is 0 Å². The van der Waals surface area contributed by atoms with Crippen LogP contribution in [0.2, 0.25) is 0 Å². The zero-order valence-corrected chi connectivity index (χ0v) is 15.3. The van der Waals surface area contributed by atoms with Gasteiger partial charge < -0.3 is 20.2 Å². The van der Waals surface area contributed by atoms with Gasteiger partial charge in [-0.15, -0.1) is 0 Å². The third-order valence-electron chi connectivity index (χ3n) is 5.40. The summed E-state index contributed by atoms with van der Waals surface area (Å²) in [6, 6.07) is 6.60. The highest BCUT2D eigenvalue weighted by Crippen LogP contribution is 2.18. The van der Waals surface area contributed by atoms with E-state index in [-0.39, 0.29) is 17.7 Å². The lowest BCUT2D eigenvalue weighted by Crippen LogP contribution is -2.54. The van der Waals surface area contributed by atoms with Crippen LogP contribution in [0.15, 0.2) is 24.3 Å². The van der Waals surface area contributed by atoms with Crippen LogP contribution in [0.3, 0.4) is 0 Å². The molecule has 0 bridgehead atoms. The van der Waals surface area contributed by atoms with Gasteiger partial charge in [0.15, 0.2) is 0 Å². The predicted octanol–water partition coefficient (Wildman–Crippen LogP) is 2.97. The number of amides is 3. The molecule has 3 rings (SSSR count). The Morgan fingerprint density at radius 3 is 2.00 bits per heavy atom. The number of urea groups is 1. The molecule has 1 aromatic carbocycles. The largest absolute Gasteiger partial charge is 0.508 e. The maximum absolute atomic E-state index is 12.5. The fraction of sp³-hybridized carbons (Fsp3) is 0.600. The van der Waals surface area contributed by atoms with Gasteiger partial charge in [0.1, 0.15) is 5.75 Å². The summed E-state index contributed by atoms with van der Waals surface area (Å²) in [6.07, 6.45) is 8.39. The average molecular weight is 359 g/mol. The first kappa shape index (κ1) is 18.5. The molecule has 2 aliphatic rings. The maximum atomic E-state index is 12.5. The molecular weight excluding hydrogens is 330 g/mol. The first-order valence-electron chi connectivity index (χ1n) is 9.77. The lowest BCUT2D eigenvalue weighted by Gasteiger charge is -2.35. The van der Waals surface area contributed by atoms with Crippen molar-refractivity contribution in [1.29, 1.82) is 0 Å². The average Bonchev–Trinajstić information content (AvgIpc) is 2.64. The lowest BCUT2D eigenvalue weighted by molar-refractivity contribution is 0.0663. The van der Waals surface area contributed by atoms with E-state index in [1.807, 2.05) is 4.90 Å². The molecule has 3 amide bonds. The molecule has 1 aromatic rings. The molecule has 0 atom stereocenters. The van der Waals surface area contributed by atoms with Crippen LogP contribution < -0.4 is 5.32 Å². The highest BCUT2D eigenvalue weighted by atomic mass is 16.3. The van der Waals surface area contributed by atoms with E-state index in [1.54, 1.807) is 17.0 Å². The van der Waals surface area contributed by atoms with Gasteiger partial charge in [-0.25, -0.2) is 4.79 Å². The number of phenolic OH excluding ortho intramolecular Hbond substituents is 1. The Balaban J connectivity index is 1.47. The maximum Gasteiger partial charge on any atom is 0.317 e. The minimum atomic E-state index is -0.0509. The Morgan fingerprint density at radius 1 is 0.846 bits per heavy atom. The van der Waals surface area contributed by atoms with Gasteiger partial charge in [-0.1, -0.05) is 32.1 Å². The van der Waals surface area contributed by atoms with E-state index in [2.05, 4.69) is 5.32 Å². The van der Waals surface area contributed by atoms with E-state index in [9.17, 15) is 14.7 Å². The number of carbonyl (C=O) groups is 2. The molecule has 2 fully saturated rings. The second kappa shape index (κ2) is 8.92. The first-order chi connectivity index (χ1) is 12.6. The number of hydrogen-bond donors (Lipinski definition) is 2. The van der Waals surface area contributed by atoms with Crippen molar-refractivity contribution < 1.29 is 14.7 Å². The molecule has 0 aromatic heterocycles. The van der Waals surface area contributed by atoms with Crippen molar-refractivity contribution in [2.24, 2.45) is 0 Å². The number of aromatic hydroxyl groups is 1. The zero-order chi connectivity index (χ0) is 18.4. The molecule has 26 heavy (non-hydrogen) atoms. The van der Waals surface area contributed by atoms with Gasteiger partial charge >= 0.3 is 6.03 Å². The van der Waals surface area contributed by atoms with Crippen LogP contribution in [0.1, 0.15) is 55.3 Å². The Bertz CT molecular complexity index is 601. The summed E-state index contributed by atoms with van der Waals surface area (Å²) >= 11 is 0. The van der Waals surface area contributed by atoms with Gasteiger partial charge in [0.05, 0.1) is 0 Å². The van der Waals surface area contributed by atoms with Crippen molar-refractivity contribution in [3.63, 3.8) is 0 Å². The number of phenols is 1. The van der Waals surface area contributed by atoms with Crippen molar-refractivity contribution in [1.82, 2.24) is 15.1 Å². The number of rotatable bonds is 2. The zero-order valence-electron chi connectivity index (χ0n) is 15.3. The van der Waals surface area contributed by atoms with Crippen LogP contribution in [-0.4, -0.2) is 59.1 Å². The van der Waals surface area contributed by atoms with Crippen LogP contribution in [0, 0.1) is 0 Å². The van der Waals surface area contributed by atoms with Gasteiger partial charge in [-0.05, 0) is 37.1 Å². The number of benzene rings is 1. The third-order valence-corrected chi connectivity index (χ3v) is 5.40. The van der Waals surface area contributed by atoms with E-state index in [1.165, 1.54) is 44.2 Å². The van der Waals surface area contributed by atoms with Gasteiger partial charge in [-0.3, -0.25) is 4.79 Å². The molecule has 0 unspecified atom stereocenters. The van der Waals surface area contributed by atoms with Crippen LogP contribution in [0.5, 0.6) is 5.75 Å². The summed E-state index contributed by atoms with van der Waals surface area (Å²) in [5, 5.41) is 12.5. The van der Waals surface area contributed by atoms with Crippen molar-refractivity contribution in [3.05, 3.63) is 29.8 Å². The smallest absolute Gasteiger partial charge is 0.317 e. The summed E-state index contributed by atoms with van der Waals surface area (Å²) in [5.74, 6) is 0.0994. The SMILES string of the molecule is O=C(NC1CCCCCCC1)N1CCN(C(=O)c2ccc(O)cc2)CC1. The second-order valence-corrected chi connectivity index (χ2v) is 7.32. The molecule has 0 spiro atoms. The van der Waals surface area contributed by atoms with E-state index >= 15 is 0 Å². The number of nitrogens with one attached hydrogen (secondary N) is 1. The third kappa shape index (κ3) is 4.90. The van der Waals surface area contributed by atoms with Crippen molar-refractivity contribution in [2.45, 2.75) is 51.0 Å². The predicted molar refractivity (Wildman–Crippen MR) is 100 cm³/mol. The highest BCUT2D eigenvalue weighted by Gasteiger charge is 2.26. The summed E-state index contributed by atoms with van der Waals surface area (Å²) in [5.41, 5.74) is 0.565. The minimum Gasteiger partial charge on any atom is -0.508 e. The quantitative estimate of drug-likeness (QED) is 0.853. The summed E-state index contributed by atoms with van der Waals surface area (Å²) < 4.78 is 0. The Hall–Kier alpha value is -2.24. The normalized spacial score (nSPS) is 19.5. The monoisotopic (exact) mass is 359 g/mol. The van der Waals surface area contributed by atoms with Crippen molar-refractivity contribution in [2.75, 3.05) is 26.2 Å². The van der Waals surface area contributed by atoms with Crippen molar-refractivity contribution >= 4 is 11.9 Å². The molecule has 6 heteroatoms. The molecular formula is C20H29N3O3.